The van der Waals surface area contributed by atoms with Gasteiger partial charge in [0, 0.05) is 0 Å². The van der Waals surface area contributed by atoms with E-state index in [2.05, 4.69) is 47.3 Å². The molecule has 0 bridgehead atoms. The fourth-order valence-electron chi connectivity index (χ4n) is 7.69. The van der Waals surface area contributed by atoms with E-state index >= 15 is 0 Å². The molecule has 5 atom stereocenters. The molecule has 0 aliphatic heterocycles. The first-order valence-corrected chi connectivity index (χ1v) is 12.4. The molecule has 0 amide bonds. The van der Waals surface area contributed by atoms with Crippen LogP contribution in [0.15, 0.2) is 34.9 Å². The summed E-state index contributed by atoms with van der Waals surface area (Å²) in [7, 11) is 0. The molecule has 0 nitrogen and oxygen atoms in total. The van der Waals surface area contributed by atoms with Crippen molar-refractivity contribution in [1.29, 1.82) is 0 Å². The summed E-state index contributed by atoms with van der Waals surface area (Å²) < 4.78 is 0. The van der Waals surface area contributed by atoms with E-state index in [1.54, 1.807) is 5.57 Å². The largest absolute Gasteiger partial charge is 0.0996 e. The predicted molar refractivity (Wildman–Crippen MR) is 122 cm³/mol. The van der Waals surface area contributed by atoms with Gasteiger partial charge >= 0.3 is 0 Å². The van der Waals surface area contributed by atoms with Crippen LogP contribution < -0.4 is 0 Å². The third kappa shape index (κ3) is 3.18. The summed E-state index contributed by atoms with van der Waals surface area (Å²) in [5.41, 5.74) is 7.98. The van der Waals surface area contributed by atoms with Gasteiger partial charge in [-0.1, -0.05) is 71.3 Å². The van der Waals surface area contributed by atoms with Crippen LogP contribution in [0.2, 0.25) is 0 Å². The molecule has 1 saturated carbocycles. The molecule has 0 heterocycles. The van der Waals surface area contributed by atoms with Gasteiger partial charge in [0.1, 0.15) is 0 Å². The molecule has 4 aliphatic rings. The highest BCUT2D eigenvalue weighted by Gasteiger charge is 2.52. The van der Waals surface area contributed by atoms with Gasteiger partial charge in [-0.3, -0.25) is 0 Å². The van der Waals surface area contributed by atoms with Crippen molar-refractivity contribution in [3.8, 4) is 0 Å². The average molecular weight is 381 g/mol. The van der Waals surface area contributed by atoms with E-state index in [9.17, 15) is 0 Å². The van der Waals surface area contributed by atoms with E-state index in [0.717, 1.165) is 17.8 Å². The first kappa shape index (κ1) is 20.5. The van der Waals surface area contributed by atoms with Crippen molar-refractivity contribution < 1.29 is 0 Å². The molecule has 0 radical (unpaired) electrons. The minimum atomic E-state index is 0.440. The number of hydrogen-bond donors (Lipinski definition) is 0. The minimum Gasteiger partial charge on any atom is -0.0996 e. The summed E-state index contributed by atoms with van der Waals surface area (Å²) >= 11 is 0. The lowest BCUT2D eigenvalue weighted by molar-refractivity contribution is 0.107. The zero-order valence-electron chi connectivity index (χ0n) is 19.4. The van der Waals surface area contributed by atoms with Gasteiger partial charge in [0.05, 0.1) is 0 Å². The van der Waals surface area contributed by atoms with Crippen LogP contribution in [0.25, 0.3) is 0 Å². The third-order valence-electron chi connectivity index (χ3n) is 9.85. The maximum absolute atomic E-state index is 4.33. The first-order valence-electron chi connectivity index (χ1n) is 12.4. The van der Waals surface area contributed by atoms with E-state index in [1.165, 1.54) is 76.2 Å². The van der Waals surface area contributed by atoms with E-state index in [0.29, 0.717) is 16.7 Å². The van der Waals surface area contributed by atoms with Crippen molar-refractivity contribution in [1.82, 2.24) is 0 Å². The molecular formula is C28H44. The van der Waals surface area contributed by atoms with Crippen molar-refractivity contribution in [2.75, 3.05) is 0 Å². The number of hydrogen-bond acceptors (Lipinski definition) is 0. The molecule has 156 valence electrons. The molecule has 0 heteroatoms. The van der Waals surface area contributed by atoms with Crippen LogP contribution in [-0.4, -0.2) is 0 Å². The lowest BCUT2D eigenvalue weighted by Gasteiger charge is -2.53. The number of rotatable bonds is 5. The normalized spacial score (nSPS) is 38.6. The lowest BCUT2D eigenvalue weighted by Crippen LogP contribution is -2.41. The molecule has 4 rings (SSSR count). The maximum atomic E-state index is 4.33. The average Bonchev–Trinajstić information content (AvgIpc) is 3.02. The Balaban J connectivity index is 1.54. The Labute approximate surface area is 175 Å². The summed E-state index contributed by atoms with van der Waals surface area (Å²) in [4.78, 5) is 0. The monoisotopic (exact) mass is 380 g/mol. The molecule has 0 aromatic heterocycles. The van der Waals surface area contributed by atoms with E-state index < -0.39 is 0 Å². The standard InChI is InChI=1S/C28H44/c1-19(2)20(3)10-11-21(4)24-14-15-25-23-13-12-22-9-7-8-17-27(22,5)26(23)16-18-28(24,25)6/h15,19,21-22,24H,3,7-14,16-18H2,1-2,4-6H3/t21-,22?,24-,27+,28-/m1/s1. The van der Waals surface area contributed by atoms with Gasteiger partial charge in [-0.25, -0.2) is 0 Å². The van der Waals surface area contributed by atoms with Gasteiger partial charge < -0.3 is 0 Å². The van der Waals surface area contributed by atoms with Gasteiger partial charge in [-0.05, 0) is 103 Å². The molecule has 0 aromatic rings. The van der Waals surface area contributed by atoms with E-state index in [-0.39, 0.29) is 0 Å². The summed E-state index contributed by atoms with van der Waals surface area (Å²) in [6.07, 6.45) is 18.1. The van der Waals surface area contributed by atoms with Crippen LogP contribution in [0.5, 0.6) is 0 Å². The van der Waals surface area contributed by atoms with Gasteiger partial charge in [0.15, 0.2) is 0 Å². The van der Waals surface area contributed by atoms with Crippen LogP contribution in [0.3, 0.4) is 0 Å². The Morgan fingerprint density at radius 1 is 1.07 bits per heavy atom. The SMILES string of the molecule is C=C(CC[C@@H](C)[C@H]1CC=C2C3=C(CC[C@@]21C)[C@@]1(C)CCCCC1CC3)C(C)C. The summed E-state index contributed by atoms with van der Waals surface area (Å²) in [5, 5.41) is 0. The number of allylic oxidation sites excluding steroid dienone is 5. The lowest BCUT2D eigenvalue weighted by atomic mass is 9.52. The zero-order chi connectivity index (χ0) is 20.1. The second kappa shape index (κ2) is 7.48. The Morgan fingerprint density at radius 3 is 2.61 bits per heavy atom. The van der Waals surface area contributed by atoms with Crippen LogP contribution in [0, 0.1) is 34.5 Å². The van der Waals surface area contributed by atoms with Crippen LogP contribution in [-0.2, 0) is 0 Å². The maximum Gasteiger partial charge on any atom is -0.00389 e. The Morgan fingerprint density at radius 2 is 1.86 bits per heavy atom. The fourth-order valence-corrected chi connectivity index (χ4v) is 7.69. The summed E-state index contributed by atoms with van der Waals surface area (Å²) in [6.45, 7) is 16.7. The van der Waals surface area contributed by atoms with Gasteiger partial charge in [-0.15, -0.1) is 0 Å². The third-order valence-corrected chi connectivity index (χ3v) is 9.85. The van der Waals surface area contributed by atoms with Crippen molar-refractivity contribution in [2.24, 2.45) is 34.5 Å². The molecule has 1 unspecified atom stereocenters. The minimum absolute atomic E-state index is 0.440. The van der Waals surface area contributed by atoms with Gasteiger partial charge in [0.25, 0.3) is 0 Å². The van der Waals surface area contributed by atoms with Crippen molar-refractivity contribution in [3.05, 3.63) is 34.9 Å². The second-order valence-corrected chi connectivity index (χ2v) is 11.6. The Kier molecular flexibility index (Phi) is 5.47. The predicted octanol–water partition coefficient (Wildman–Crippen LogP) is 8.65. The van der Waals surface area contributed by atoms with E-state index in [1.807, 2.05) is 11.1 Å². The topological polar surface area (TPSA) is 0 Å². The number of fused-ring (bicyclic) bond motifs is 4. The molecule has 0 saturated heterocycles. The molecule has 4 aliphatic carbocycles. The molecule has 0 N–H and O–H groups in total. The van der Waals surface area contributed by atoms with Crippen molar-refractivity contribution in [3.63, 3.8) is 0 Å². The van der Waals surface area contributed by atoms with Gasteiger partial charge in [0.2, 0.25) is 0 Å². The summed E-state index contributed by atoms with van der Waals surface area (Å²) in [6, 6.07) is 0. The fraction of sp³-hybridized carbons (Fsp3) is 0.786. The first-order chi connectivity index (χ1) is 13.3. The molecule has 28 heavy (non-hydrogen) atoms. The Hall–Kier alpha value is -0.780. The highest BCUT2D eigenvalue weighted by molar-refractivity contribution is 5.49. The highest BCUT2D eigenvalue weighted by atomic mass is 14.6. The molecule has 0 spiro atoms. The molecular weight excluding hydrogens is 336 g/mol. The highest BCUT2D eigenvalue weighted by Crippen LogP contribution is 2.64. The van der Waals surface area contributed by atoms with Crippen LogP contribution in [0.1, 0.15) is 105 Å². The quantitative estimate of drug-likeness (QED) is 0.418. The molecule has 0 aromatic carbocycles. The van der Waals surface area contributed by atoms with Gasteiger partial charge in [-0.2, -0.15) is 0 Å². The summed E-state index contributed by atoms with van der Waals surface area (Å²) in [5.74, 6) is 3.25. The van der Waals surface area contributed by atoms with Crippen molar-refractivity contribution >= 4 is 0 Å². The van der Waals surface area contributed by atoms with E-state index in [4.69, 9.17) is 0 Å². The molecule has 1 fully saturated rings. The van der Waals surface area contributed by atoms with Crippen LogP contribution >= 0.6 is 0 Å². The smallest absolute Gasteiger partial charge is 0.00389 e. The van der Waals surface area contributed by atoms with Crippen LogP contribution in [0.4, 0.5) is 0 Å². The van der Waals surface area contributed by atoms with Crippen molar-refractivity contribution in [2.45, 2.75) is 105 Å². The Bertz CT molecular complexity index is 689. The second-order valence-electron chi connectivity index (χ2n) is 11.6. The zero-order valence-corrected chi connectivity index (χ0v) is 19.4.